The first-order valence-corrected chi connectivity index (χ1v) is 9.57. The van der Waals surface area contributed by atoms with Crippen molar-refractivity contribution < 1.29 is 14.7 Å². The van der Waals surface area contributed by atoms with Gasteiger partial charge in [0.15, 0.2) is 0 Å². The maximum atomic E-state index is 13.0. The van der Waals surface area contributed by atoms with Crippen molar-refractivity contribution in [2.45, 2.75) is 64.2 Å². The normalized spacial score (nSPS) is 45.0. The smallest absolute Gasteiger partial charge is 0.306 e. The van der Waals surface area contributed by atoms with Gasteiger partial charge < -0.3 is 10.4 Å². The van der Waals surface area contributed by atoms with E-state index in [1.165, 1.54) is 19.3 Å². The average Bonchev–Trinajstić information content (AvgIpc) is 2.51. The lowest BCUT2D eigenvalue weighted by molar-refractivity contribution is -0.148. The molecule has 5 aliphatic carbocycles. The summed E-state index contributed by atoms with van der Waals surface area (Å²) >= 11 is 0. The molecule has 2 atom stereocenters. The Bertz CT molecular complexity index is 466. The minimum Gasteiger partial charge on any atom is -0.481 e. The molecule has 5 rings (SSSR count). The lowest BCUT2D eigenvalue weighted by Gasteiger charge is -2.55. The summed E-state index contributed by atoms with van der Waals surface area (Å²) < 4.78 is 0. The zero-order chi connectivity index (χ0) is 16.0. The Morgan fingerprint density at radius 3 is 2.09 bits per heavy atom. The third-order valence-electron chi connectivity index (χ3n) is 7.27. The minimum absolute atomic E-state index is 0.109. The zero-order valence-electron chi connectivity index (χ0n) is 13.9. The first-order valence-electron chi connectivity index (χ1n) is 9.57. The third kappa shape index (κ3) is 2.78. The van der Waals surface area contributed by atoms with Gasteiger partial charge in [-0.2, -0.15) is 0 Å². The van der Waals surface area contributed by atoms with Gasteiger partial charge in [-0.1, -0.05) is 12.8 Å². The highest BCUT2D eigenvalue weighted by molar-refractivity contribution is 5.83. The summed E-state index contributed by atoms with van der Waals surface area (Å²) in [4.78, 5) is 24.4. The SMILES string of the molecule is O=C(O)[C@H]1CCCC[C@H]1CNC(=O)C12CC3CC(CC(C3)C1)C2. The first kappa shape index (κ1) is 15.5. The van der Waals surface area contributed by atoms with Gasteiger partial charge in [-0.15, -0.1) is 0 Å². The fourth-order valence-corrected chi connectivity index (χ4v) is 6.58. The van der Waals surface area contributed by atoms with Crippen molar-refractivity contribution in [3.8, 4) is 0 Å². The molecule has 0 aromatic rings. The van der Waals surface area contributed by atoms with Crippen LogP contribution in [0.1, 0.15) is 64.2 Å². The van der Waals surface area contributed by atoms with E-state index in [-0.39, 0.29) is 23.2 Å². The molecule has 4 heteroatoms. The molecule has 5 saturated carbocycles. The summed E-state index contributed by atoms with van der Waals surface area (Å²) in [6, 6.07) is 0. The maximum absolute atomic E-state index is 13.0. The fraction of sp³-hybridized carbons (Fsp3) is 0.895. The second kappa shape index (κ2) is 5.78. The van der Waals surface area contributed by atoms with Crippen molar-refractivity contribution in [1.29, 1.82) is 0 Å². The molecule has 0 unspecified atom stereocenters. The van der Waals surface area contributed by atoms with Crippen LogP contribution < -0.4 is 5.32 Å². The molecule has 0 spiro atoms. The van der Waals surface area contributed by atoms with E-state index in [1.54, 1.807) is 0 Å². The van der Waals surface area contributed by atoms with Gasteiger partial charge in [-0.25, -0.2) is 0 Å². The maximum Gasteiger partial charge on any atom is 0.306 e. The Hall–Kier alpha value is -1.06. The van der Waals surface area contributed by atoms with Gasteiger partial charge in [0, 0.05) is 12.0 Å². The molecule has 0 radical (unpaired) electrons. The van der Waals surface area contributed by atoms with E-state index in [2.05, 4.69) is 5.32 Å². The van der Waals surface area contributed by atoms with E-state index in [9.17, 15) is 14.7 Å². The molecule has 0 aromatic heterocycles. The Labute approximate surface area is 138 Å². The summed E-state index contributed by atoms with van der Waals surface area (Å²) in [5.41, 5.74) is -0.109. The number of amides is 1. The van der Waals surface area contributed by atoms with Crippen LogP contribution in [0.4, 0.5) is 0 Å². The predicted molar refractivity (Wildman–Crippen MR) is 86.7 cm³/mol. The average molecular weight is 319 g/mol. The summed E-state index contributed by atoms with van der Waals surface area (Å²) in [7, 11) is 0. The van der Waals surface area contributed by atoms with E-state index in [0.717, 1.165) is 62.7 Å². The van der Waals surface area contributed by atoms with Gasteiger partial charge in [-0.05, 0) is 75.0 Å². The lowest BCUT2D eigenvalue weighted by atomic mass is 9.49. The Balaban J connectivity index is 1.39. The largest absolute Gasteiger partial charge is 0.481 e. The van der Waals surface area contributed by atoms with Crippen LogP contribution in [-0.2, 0) is 9.59 Å². The van der Waals surface area contributed by atoms with E-state index in [4.69, 9.17) is 0 Å². The Morgan fingerprint density at radius 2 is 1.52 bits per heavy atom. The molecular formula is C19H29NO3. The Kier molecular flexibility index (Phi) is 3.89. The molecule has 128 valence electrons. The predicted octanol–water partition coefficient (Wildman–Crippen LogP) is 3.21. The molecule has 23 heavy (non-hydrogen) atoms. The third-order valence-corrected chi connectivity index (χ3v) is 7.27. The number of carboxylic acids is 1. The molecule has 0 aliphatic heterocycles. The second-order valence-electron chi connectivity index (χ2n) is 8.90. The van der Waals surface area contributed by atoms with Gasteiger partial charge >= 0.3 is 5.97 Å². The fourth-order valence-electron chi connectivity index (χ4n) is 6.58. The van der Waals surface area contributed by atoms with Gasteiger partial charge in [0.05, 0.1) is 5.92 Å². The van der Waals surface area contributed by atoms with Crippen LogP contribution in [0.25, 0.3) is 0 Å². The highest BCUT2D eigenvalue weighted by atomic mass is 16.4. The van der Waals surface area contributed by atoms with Gasteiger partial charge in [0.25, 0.3) is 0 Å². The van der Waals surface area contributed by atoms with Crippen molar-refractivity contribution in [2.24, 2.45) is 35.0 Å². The standard InChI is InChI=1S/C19H29NO3/c21-17(22)16-4-2-1-3-15(16)11-20-18(23)19-8-12-5-13(9-19)7-14(6-12)10-19/h12-16H,1-11H2,(H,20,23)(H,21,22)/t12?,13?,14?,15-,16-,19?/m0/s1. The summed E-state index contributed by atoms with van der Waals surface area (Å²) in [5.74, 6) is 1.74. The molecule has 0 heterocycles. The van der Waals surface area contributed by atoms with Crippen molar-refractivity contribution in [2.75, 3.05) is 6.54 Å². The second-order valence-corrected chi connectivity index (χ2v) is 8.90. The Morgan fingerprint density at radius 1 is 0.957 bits per heavy atom. The number of carboxylic acid groups (broad SMARTS) is 1. The molecule has 1 amide bonds. The summed E-state index contributed by atoms with van der Waals surface area (Å²) in [6.07, 6.45) is 11.1. The molecule has 0 aromatic carbocycles. The van der Waals surface area contributed by atoms with Crippen molar-refractivity contribution in [3.05, 3.63) is 0 Å². The number of rotatable bonds is 4. The van der Waals surface area contributed by atoms with Crippen LogP contribution in [-0.4, -0.2) is 23.5 Å². The van der Waals surface area contributed by atoms with Crippen LogP contribution >= 0.6 is 0 Å². The zero-order valence-corrected chi connectivity index (χ0v) is 13.9. The topological polar surface area (TPSA) is 66.4 Å². The van der Waals surface area contributed by atoms with Gasteiger partial charge in [0.1, 0.15) is 0 Å². The molecule has 4 bridgehead atoms. The number of aliphatic carboxylic acids is 1. The lowest BCUT2D eigenvalue weighted by Crippen LogP contribution is -2.54. The van der Waals surface area contributed by atoms with Crippen LogP contribution in [0.15, 0.2) is 0 Å². The molecule has 5 aliphatic rings. The number of carbonyl (C=O) groups is 2. The van der Waals surface area contributed by atoms with E-state index < -0.39 is 5.97 Å². The summed E-state index contributed by atoms with van der Waals surface area (Å²) in [6.45, 7) is 0.567. The summed E-state index contributed by atoms with van der Waals surface area (Å²) in [5, 5.41) is 12.6. The van der Waals surface area contributed by atoms with Crippen molar-refractivity contribution in [3.63, 3.8) is 0 Å². The first-order chi connectivity index (χ1) is 11.1. The monoisotopic (exact) mass is 319 g/mol. The highest BCUT2D eigenvalue weighted by Gasteiger charge is 2.54. The van der Waals surface area contributed by atoms with E-state index in [1.807, 2.05) is 0 Å². The number of hydrogen-bond donors (Lipinski definition) is 2. The molecule has 5 fully saturated rings. The minimum atomic E-state index is -0.682. The molecule has 2 N–H and O–H groups in total. The number of nitrogens with one attached hydrogen (secondary N) is 1. The van der Waals surface area contributed by atoms with Crippen molar-refractivity contribution in [1.82, 2.24) is 5.32 Å². The van der Waals surface area contributed by atoms with Gasteiger partial charge in [-0.3, -0.25) is 9.59 Å². The van der Waals surface area contributed by atoms with Crippen molar-refractivity contribution >= 4 is 11.9 Å². The van der Waals surface area contributed by atoms with Crippen LogP contribution in [0.3, 0.4) is 0 Å². The van der Waals surface area contributed by atoms with E-state index >= 15 is 0 Å². The number of hydrogen-bond acceptors (Lipinski definition) is 2. The number of carbonyl (C=O) groups excluding carboxylic acids is 1. The van der Waals surface area contributed by atoms with Crippen LogP contribution in [0.5, 0.6) is 0 Å². The van der Waals surface area contributed by atoms with Crippen LogP contribution in [0.2, 0.25) is 0 Å². The van der Waals surface area contributed by atoms with Gasteiger partial charge in [0.2, 0.25) is 5.91 Å². The quantitative estimate of drug-likeness (QED) is 0.836. The molecule has 0 saturated heterocycles. The van der Waals surface area contributed by atoms with E-state index in [0.29, 0.717) is 6.54 Å². The highest BCUT2D eigenvalue weighted by Crippen LogP contribution is 2.60. The van der Waals surface area contributed by atoms with Crippen LogP contribution in [0, 0.1) is 35.0 Å². The molecule has 4 nitrogen and oxygen atoms in total. The molecular weight excluding hydrogens is 290 g/mol.